The molecule has 0 unspecified atom stereocenters. The maximum atomic E-state index is 12.0. The second-order valence-electron chi connectivity index (χ2n) is 5.70. The van der Waals surface area contributed by atoms with E-state index in [0.29, 0.717) is 10.8 Å². The zero-order valence-electron chi connectivity index (χ0n) is 15.5. The monoisotopic (exact) mass is 405 g/mol. The van der Waals surface area contributed by atoms with Gasteiger partial charge in [0.25, 0.3) is 5.91 Å². The maximum absolute atomic E-state index is 12.0. The minimum atomic E-state index is -0.730. The summed E-state index contributed by atoms with van der Waals surface area (Å²) in [5.41, 5.74) is 1.40. The summed E-state index contributed by atoms with van der Waals surface area (Å²) >= 11 is 5.98. The van der Waals surface area contributed by atoms with Gasteiger partial charge in [-0.3, -0.25) is 4.79 Å². The van der Waals surface area contributed by atoms with Gasteiger partial charge >= 0.3 is 11.9 Å². The Morgan fingerprint density at radius 3 is 2.54 bits per heavy atom. The third kappa shape index (κ3) is 6.28. The zero-order chi connectivity index (χ0) is 20.5. The van der Waals surface area contributed by atoms with Crippen LogP contribution in [0.15, 0.2) is 42.5 Å². The normalized spacial score (nSPS) is 10.1. The number of para-hydroxylation sites is 1. The Hall–Kier alpha value is -3.06. The number of hydrogen-bond donors (Lipinski definition) is 1. The lowest BCUT2D eigenvalue weighted by Gasteiger charge is -2.11. The quantitative estimate of drug-likeness (QED) is 0.677. The van der Waals surface area contributed by atoms with E-state index < -0.39 is 31.1 Å². The molecule has 0 heterocycles. The first-order valence-corrected chi connectivity index (χ1v) is 8.89. The van der Waals surface area contributed by atoms with Crippen LogP contribution in [0.2, 0.25) is 5.02 Å². The van der Waals surface area contributed by atoms with Crippen molar-refractivity contribution in [2.75, 3.05) is 25.1 Å². The average Bonchev–Trinajstić information content (AvgIpc) is 2.67. The fraction of sp³-hybridized carbons (Fsp3) is 0.250. The number of esters is 2. The summed E-state index contributed by atoms with van der Waals surface area (Å²) in [6.45, 7) is 2.84. The molecule has 0 aromatic heterocycles. The third-order valence-corrected chi connectivity index (χ3v) is 3.81. The van der Waals surface area contributed by atoms with Gasteiger partial charge in [-0.05, 0) is 43.7 Å². The lowest BCUT2D eigenvalue weighted by atomic mass is 10.2. The van der Waals surface area contributed by atoms with Crippen LogP contribution in [0.25, 0.3) is 0 Å². The van der Waals surface area contributed by atoms with Crippen molar-refractivity contribution in [2.45, 2.75) is 13.8 Å². The minimum Gasteiger partial charge on any atom is -0.480 e. The molecule has 0 fully saturated rings. The lowest BCUT2D eigenvalue weighted by molar-refractivity contribution is -0.149. The summed E-state index contributed by atoms with van der Waals surface area (Å²) in [6.07, 6.45) is 0. The van der Waals surface area contributed by atoms with Crippen LogP contribution in [-0.2, 0) is 19.1 Å². The molecule has 0 aliphatic heterocycles. The Kier molecular flexibility index (Phi) is 7.83. The standard InChI is InChI=1S/C20H20ClNO6/c1-3-26-20(25)14-6-4-5-7-16(14)22-18(23)11-28-19(24)12-27-17-10-13(2)8-9-15(17)21/h4-10H,3,11-12H2,1-2H3,(H,22,23). The van der Waals surface area contributed by atoms with Gasteiger partial charge in [0.1, 0.15) is 5.75 Å². The molecule has 0 bridgehead atoms. The molecule has 0 radical (unpaired) electrons. The number of carbonyl (C=O) groups is 3. The van der Waals surface area contributed by atoms with Gasteiger partial charge in [0.15, 0.2) is 13.2 Å². The molecule has 0 saturated carbocycles. The first kappa shape index (κ1) is 21.2. The number of carbonyl (C=O) groups excluding carboxylic acids is 3. The first-order chi connectivity index (χ1) is 13.4. The molecule has 2 rings (SSSR count). The highest BCUT2D eigenvalue weighted by molar-refractivity contribution is 6.32. The van der Waals surface area contributed by atoms with Crippen LogP contribution in [0.3, 0.4) is 0 Å². The maximum Gasteiger partial charge on any atom is 0.344 e. The molecule has 1 amide bonds. The summed E-state index contributed by atoms with van der Waals surface area (Å²) in [7, 11) is 0. The van der Waals surface area contributed by atoms with E-state index in [1.807, 2.05) is 13.0 Å². The number of anilines is 1. The molecule has 28 heavy (non-hydrogen) atoms. The number of ether oxygens (including phenoxy) is 3. The van der Waals surface area contributed by atoms with Crippen molar-refractivity contribution >= 4 is 35.1 Å². The zero-order valence-corrected chi connectivity index (χ0v) is 16.2. The Morgan fingerprint density at radius 2 is 1.79 bits per heavy atom. The van der Waals surface area contributed by atoms with Crippen LogP contribution in [0.4, 0.5) is 5.69 Å². The molecule has 0 atom stereocenters. The Bertz CT molecular complexity index is 868. The van der Waals surface area contributed by atoms with Crippen LogP contribution in [0, 0.1) is 6.92 Å². The van der Waals surface area contributed by atoms with Crippen molar-refractivity contribution in [3.05, 3.63) is 58.6 Å². The Morgan fingerprint density at radius 1 is 1.04 bits per heavy atom. The second-order valence-corrected chi connectivity index (χ2v) is 6.10. The van der Waals surface area contributed by atoms with Gasteiger partial charge in [-0.2, -0.15) is 0 Å². The molecule has 8 heteroatoms. The highest BCUT2D eigenvalue weighted by atomic mass is 35.5. The third-order valence-electron chi connectivity index (χ3n) is 3.49. The lowest BCUT2D eigenvalue weighted by Crippen LogP contribution is -2.24. The Balaban J connectivity index is 1.85. The van der Waals surface area contributed by atoms with Gasteiger partial charge in [0.2, 0.25) is 0 Å². The van der Waals surface area contributed by atoms with Crippen molar-refractivity contribution in [1.82, 2.24) is 0 Å². The van der Waals surface area contributed by atoms with Crippen molar-refractivity contribution in [3.63, 3.8) is 0 Å². The summed E-state index contributed by atoms with van der Waals surface area (Å²) in [5.74, 6) is -1.53. The van der Waals surface area contributed by atoms with Crippen molar-refractivity contribution < 1.29 is 28.6 Å². The SMILES string of the molecule is CCOC(=O)c1ccccc1NC(=O)COC(=O)COc1cc(C)ccc1Cl. The van der Waals surface area contributed by atoms with Crippen molar-refractivity contribution in [1.29, 1.82) is 0 Å². The van der Waals surface area contributed by atoms with Crippen molar-refractivity contribution in [2.24, 2.45) is 0 Å². The van der Waals surface area contributed by atoms with E-state index in [-0.39, 0.29) is 17.9 Å². The smallest absolute Gasteiger partial charge is 0.344 e. The van der Waals surface area contributed by atoms with Gasteiger partial charge in [-0.1, -0.05) is 29.8 Å². The predicted molar refractivity (Wildman–Crippen MR) is 104 cm³/mol. The topological polar surface area (TPSA) is 90.9 Å². The highest BCUT2D eigenvalue weighted by Crippen LogP contribution is 2.25. The molecular weight excluding hydrogens is 386 g/mol. The number of aryl methyl sites for hydroxylation is 1. The van der Waals surface area contributed by atoms with Gasteiger partial charge < -0.3 is 19.5 Å². The number of rotatable bonds is 8. The molecule has 0 aliphatic rings. The second kappa shape index (κ2) is 10.3. The number of hydrogen-bond acceptors (Lipinski definition) is 6. The van der Waals surface area contributed by atoms with Gasteiger partial charge in [0.05, 0.1) is 22.9 Å². The van der Waals surface area contributed by atoms with E-state index in [9.17, 15) is 14.4 Å². The molecule has 0 saturated heterocycles. The molecule has 148 valence electrons. The first-order valence-electron chi connectivity index (χ1n) is 8.51. The van der Waals surface area contributed by atoms with E-state index in [2.05, 4.69) is 5.32 Å². The number of halogens is 1. The molecular formula is C20H20ClNO6. The van der Waals surface area contributed by atoms with Gasteiger partial charge in [-0.25, -0.2) is 9.59 Å². The summed E-state index contributed by atoms with van der Waals surface area (Å²) in [6, 6.07) is 11.5. The molecule has 7 nitrogen and oxygen atoms in total. The van der Waals surface area contributed by atoms with Crippen LogP contribution >= 0.6 is 11.6 Å². The van der Waals surface area contributed by atoms with Crippen LogP contribution in [0.5, 0.6) is 5.75 Å². The van der Waals surface area contributed by atoms with E-state index in [0.717, 1.165) is 5.56 Å². The van der Waals surface area contributed by atoms with Crippen LogP contribution in [0.1, 0.15) is 22.8 Å². The highest BCUT2D eigenvalue weighted by Gasteiger charge is 2.15. The number of benzene rings is 2. The summed E-state index contributed by atoms with van der Waals surface area (Å²) in [4.78, 5) is 35.7. The van der Waals surface area contributed by atoms with Crippen LogP contribution < -0.4 is 10.1 Å². The molecule has 0 spiro atoms. The van der Waals surface area contributed by atoms with Crippen molar-refractivity contribution in [3.8, 4) is 5.75 Å². The fourth-order valence-electron chi connectivity index (χ4n) is 2.21. The fourth-order valence-corrected chi connectivity index (χ4v) is 2.38. The Labute approximate surface area is 167 Å². The van der Waals surface area contributed by atoms with Crippen LogP contribution in [-0.4, -0.2) is 37.7 Å². The van der Waals surface area contributed by atoms with E-state index in [1.165, 1.54) is 6.07 Å². The number of nitrogens with one attached hydrogen (secondary N) is 1. The number of amides is 1. The van der Waals surface area contributed by atoms with E-state index in [1.54, 1.807) is 37.3 Å². The summed E-state index contributed by atoms with van der Waals surface area (Å²) in [5, 5.41) is 2.88. The largest absolute Gasteiger partial charge is 0.480 e. The molecule has 2 aromatic rings. The van der Waals surface area contributed by atoms with E-state index in [4.69, 9.17) is 25.8 Å². The average molecular weight is 406 g/mol. The molecule has 0 aliphatic carbocycles. The molecule has 2 aromatic carbocycles. The van der Waals surface area contributed by atoms with Gasteiger partial charge in [-0.15, -0.1) is 0 Å². The van der Waals surface area contributed by atoms with Gasteiger partial charge in [0, 0.05) is 0 Å². The van der Waals surface area contributed by atoms with E-state index >= 15 is 0 Å². The summed E-state index contributed by atoms with van der Waals surface area (Å²) < 4.78 is 15.1. The predicted octanol–water partition coefficient (Wildman–Crippen LogP) is 3.39. The minimum absolute atomic E-state index is 0.210. The molecule has 1 N–H and O–H groups in total.